The van der Waals surface area contributed by atoms with Gasteiger partial charge in [-0.3, -0.25) is 9.48 Å². The Morgan fingerprint density at radius 1 is 1.48 bits per heavy atom. The molecule has 5 nitrogen and oxygen atoms in total. The molecule has 21 heavy (non-hydrogen) atoms. The van der Waals surface area contributed by atoms with Crippen LogP contribution in [0.4, 0.5) is 5.82 Å². The Morgan fingerprint density at radius 3 is 2.90 bits per heavy atom. The van der Waals surface area contributed by atoms with Gasteiger partial charge in [0, 0.05) is 23.2 Å². The Kier molecular flexibility index (Phi) is 4.63. The Bertz CT molecular complexity index is 759. The molecule has 0 atom stereocenters. The van der Waals surface area contributed by atoms with Crippen molar-refractivity contribution in [2.24, 2.45) is 7.05 Å². The van der Waals surface area contributed by atoms with Crippen LogP contribution in [0.15, 0.2) is 30.5 Å². The van der Waals surface area contributed by atoms with E-state index in [1.165, 1.54) is 17.0 Å². The smallest absolute Gasteiger partial charge is 0.249 e. The van der Waals surface area contributed by atoms with E-state index >= 15 is 0 Å². The summed E-state index contributed by atoms with van der Waals surface area (Å²) >= 11 is 11.8. The molecular formula is C14H10Cl2N4O. The Labute approximate surface area is 131 Å². The van der Waals surface area contributed by atoms with Crippen LogP contribution in [-0.2, 0) is 11.8 Å². The van der Waals surface area contributed by atoms with Crippen molar-refractivity contribution in [3.05, 3.63) is 51.6 Å². The van der Waals surface area contributed by atoms with Gasteiger partial charge in [-0.25, -0.2) is 0 Å². The topological polar surface area (TPSA) is 70.7 Å². The van der Waals surface area contributed by atoms with E-state index in [1.54, 1.807) is 31.3 Å². The van der Waals surface area contributed by atoms with Gasteiger partial charge in [0.25, 0.3) is 0 Å². The van der Waals surface area contributed by atoms with Crippen LogP contribution in [0, 0.1) is 11.3 Å². The van der Waals surface area contributed by atoms with Crippen molar-refractivity contribution >= 4 is 41.0 Å². The number of hydrogen-bond acceptors (Lipinski definition) is 3. The van der Waals surface area contributed by atoms with Crippen LogP contribution in [0.3, 0.4) is 0 Å². The Balaban J connectivity index is 2.13. The molecule has 1 heterocycles. The maximum atomic E-state index is 11.9. The molecule has 0 aliphatic carbocycles. The second kappa shape index (κ2) is 6.44. The highest BCUT2D eigenvalue weighted by Gasteiger charge is 2.09. The number of nitrogens with one attached hydrogen (secondary N) is 1. The molecule has 0 fully saturated rings. The Morgan fingerprint density at radius 2 is 2.24 bits per heavy atom. The van der Waals surface area contributed by atoms with E-state index in [9.17, 15) is 4.79 Å². The standard InChI is InChI=1S/C14H10Cl2N4O/c1-20-14(10(7-17)8-18-20)19-13(21)5-3-9-2-4-11(15)6-12(9)16/h2-6,8H,1H3,(H,19,21)/b5-3+. The summed E-state index contributed by atoms with van der Waals surface area (Å²) < 4.78 is 1.42. The van der Waals surface area contributed by atoms with Gasteiger partial charge in [-0.15, -0.1) is 0 Å². The van der Waals surface area contributed by atoms with Crippen LogP contribution in [0.25, 0.3) is 6.08 Å². The molecular weight excluding hydrogens is 311 g/mol. The lowest BCUT2D eigenvalue weighted by atomic mass is 10.2. The maximum absolute atomic E-state index is 11.9. The first kappa shape index (κ1) is 15.1. The van der Waals surface area contributed by atoms with Crippen LogP contribution in [0.5, 0.6) is 0 Å². The van der Waals surface area contributed by atoms with Crippen molar-refractivity contribution < 1.29 is 4.79 Å². The number of carbonyl (C=O) groups excluding carboxylic acids is 1. The number of halogens is 2. The number of benzene rings is 1. The average molecular weight is 321 g/mol. The van der Waals surface area contributed by atoms with Crippen LogP contribution in [0.2, 0.25) is 10.0 Å². The van der Waals surface area contributed by atoms with E-state index in [0.29, 0.717) is 27.0 Å². The molecule has 106 valence electrons. The predicted molar refractivity (Wildman–Crippen MR) is 82.0 cm³/mol. The molecule has 0 spiro atoms. The van der Waals surface area contributed by atoms with Gasteiger partial charge in [0.15, 0.2) is 0 Å². The summed E-state index contributed by atoms with van der Waals surface area (Å²) in [4.78, 5) is 11.9. The number of aromatic nitrogens is 2. The van der Waals surface area contributed by atoms with Gasteiger partial charge in [0.05, 0.1) is 6.20 Å². The maximum Gasteiger partial charge on any atom is 0.249 e. The minimum absolute atomic E-state index is 0.295. The molecule has 0 saturated carbocycles. The van der Waals surface area contributed by atoms with E-state index in [0.717, 1.165) is 0 Å². The fourth-order valence-electron chi connectivity index (χ4n) is 1.63. The van der Waals surface area contributed by atoms with Crippen LogP contribution in [0.1, 0.15) is 11.1 Å². The minimum Gasteiger partial charge on any atom is -0.306 e. The van der Waals surface area contributed by atoms with Crippen molar-refractivity contribution in [3.63, 3.8) is 0 Å². The third-order valence-corrected chi connectivity index (χ3v) is 3.24. The van der Waals surface area contributed by atoms with Gasteiger partial charge in [0.1, 0.15) is 17.5 Å². The molecule has 2 aromatic rings. The van der Waals surface area contributed by atoms with Gasteiger partial charge in [-0.1, -0.05) is 29.3 Å². The number of rotatable bonds is 3. The number of hydrogen-bond donors (Lipinski definition) is 1. The van der Waals surface area contributed by atoms with Crippen molar-refractivity contribution in [1.82, 2.24) is 9.78 Å². The summed E-state index contributed by atoms with van der Waals surface area (Å²) in [6.45, 7) is 0. The molecule has 0 unspecified atom stereocenters. The highest BCUT2D eigenvalue weighted by Crippen LogP contribution is 2.22. The molecule has 1 aromatic heterocycles. The lowest BCUT2D eigenvalue weighted by molar-refractivity contribution is -0.111. The number of aryl methyl sites for hydroxylation is 1. The molecule has 0 aliphatic rings. The van der Waals surface area contributed by atoms with E-state index < -0.39 is 0 Å². The summed E-state index contributed by atoms with van der Waals surface area (Å²) in [6, 6.07) is 6.93. The van der Waals surface area contributed by atoms with Gasteiger partial charge in [0.2, 0.25) is 5.91 Å². The molecule has 1 aromatic carbocycles. The van der Waals surface area contributed by atoms with Crippen LogP contribution in [-0.4, -0.2) is 15.7 Å². The predicted octanol–water partition coefficient (Wildman–Crippen LogP) is 3.25. The third kappa shape index (κ3) is 3.63. The molecule has 0 bridgehead atoms. The van der Waals surface area contributed by atoms with Crippen molar-refractivity contribution in [1.29, 1.82) is 5.26 Å². The van der Waals surface area contributed by atoms with Gasteiger partial charge in [-0.2, -0.15) is 10.4 Å². The quantitative estimate of drug-likeness (QED) is 0.882. The molecule has 2 rings (SSSR count). The molecule has 0 saturated heterocycles. The highest BCUT2D eigenvalue weighted by molar-refractivity contribution is 6.35. The molecule has 1 amide bonds. The van der Waals surface area contributed by atoms with E-state index in [1.807, 2.05) is 6.07 Å². The van der Waals surface area contributed by atoms with Gasteiger partial charge < -0.3 is 5.32 Å². The average Bonchev–Trinajstić information content (AvgIpc) is 2.78. The first-order chi connectivity index (χ1) is 10.0. The summed E-state index contributed by atoms with van der Waals surface area (Å²) in [5.74, 6) is -0.0459. The highest BCUT2D eigenvalue weighted by atomic mass is 35.5. The summed E-state index contributed by atoms with van der Waals surface area (Å²) in [7, 11) is 1.64. The van der Waals surface area contributed by atoms with E-state index in [2.05, 4.69) is 10.4 Å². The summed E-state index contributed by atoms with van der Waals surface area (Å²) in [5.41, 5.74) is 0.963. The lowest BCUT2D eigenvalue weighted by Gasteiger charge is -2.03. The molecule has 1 N–H and O–H groups in total. The second-order valence-corrected chi connectivity index (χ2v) is 4.97. The zero-order valence-corrected chi connectivity index (χ0v) is 12.5. The zero-order chi connectivity index (χ0) is 15.4. The monoisotopic (exact) mass is 320 g/mol. The normalized spacial score (nSPS) is 10.6. The molecule has 0 aliphatic heterocycles. The number of nitrogens with zero attached hydrogens (tertiary/aromatic N) is 3. The summed E-state index contributed by atoms with van der Waals surface area (Å²) in [5, 5.41) is 16.4. The number of nitriles is 1. The first-order valence-electron chi connectivity index (χ1n) is 5.87. The van der Waals surface area contributed by atoms with E-state index in [4.69, 9.17) is 28.5 Å². The summed E-state index contributed by atoms with van der Waals surface area (Å²) in [6.07, 6.45) is 4.27. The van der Waals surface area contributed by atoms with Crippen molar-refractivity contribution in [3.8, 4) is 6.07 Å². The number of anilines is 1. The minimum atomic E-state index is -0.388. The van der Waals surface area contributed by atoms with Crippen molar-refractivity contribution in [2.75, 3.05) is 5.32 Å². The Hall–Kier alpha value is -2.29. The zero-order valence-electron chi connectivity index (χ0n) is 11.0. The lowest BCUT2D eigenvalue weighted by Crippen LogP contribution is -2.12. The van der Waals surface area contributed by atoms with Gasteiger partial charge >= 0.3 is 0 Å². The number of amides is 1. The largest absolute Gasteiger partial charge is 0.306 e. The van der Waals surface area contributed by atoms with Gasteiger partial charge in [-0.05, 0) is 23.8 Å². The molecule has 7 heteroatoms. The number of carbonyl (C=O) groups is 1. The van der Waals surface area contributed by atoms with Crippen molar-refractivity contribution in [2.45, 2.75) is 0 Å². The molecule has 0 radical (unpaired) electrons. The second-order valence-electron chi connectivity index (χ2n) is 4.13. The van der Waals surface area contributed by atoms with Crippen LogP contribution < -0.4 is 5.32 Å². The fourth-order valence-corrected chi connectivity index (χ4v) is 2.10. The van der Waals surface area contributed by atoms with E-state index in [-0.39, 0.29) is 5.91 Å². The first-order valence-corrected chi connectivity index (χ1v) is 6.63. The third-order valence-electron chi connectivity index (χ3n) is 2.68. The SMILES string of the molecule is Cn1ncc(C#N)c1NC(=O)/C=C/c1ccc(Cl)cc1Cl. The van der Waals surface area contributed by atoms with Crippen LogP contribution >= 0.6 is 23.2 Å². The fraction of sp³-hybridized carbons (Fsp3) is 0.0714.